The molecule has 0 aliphatic carbocycles. The number of hydrogen-bond donors (Lipinski definition) is 3. The predicted molar refractivity (Wildman–Crippen MR) is 70.2 cm³/mol. The number of nitro benzene ring substituents is 1. The lowest BCUT2D eigenvalue weighted by Crippen LogP contribution is -2.46. The molecule has 0 aliphatic rings. The highest BCUT2D eigenvalue weighted by atomic mass is 16.6. The summed E-state index contributed by atoms with van der Waals surface area (Å²) in [6.07, 6.45) is 0. The summed E-state index contributed by atoms with van der Waals surface area (Å²) in [5.41, 5.74) is -2.58. The predicted octanol–water partition coefficient (Wildman–Crippen LogP) is 0.169. The number of ether oxygens (including phenoxy) is 1. The van der Waals surface area contributed by atoms with Crippen LogP contribution in [0, 0.1) is 10.1 Å². The van der Waals surface area contributed by atoms with Crippen LogP contribution in [0.3, 0.4) is 0 Å². The number of aliphatic carboxylic acids is 1. The van der Waals surface area contributed by atoms with E-state index in [1.54, 1.807) is 0 Å². The number of nitro groups is 1. The second-order valence-corrected chi connectivity index (χ2v) is 4.41. The minimum atomic E-state index is -2.13. The Balaban J connectivity index is 2.91. The molecule has 1 aromatic carbocycles. The zero-order chi connectivity index (χ0) is 16.2. The highest BCUT2D eigenvalue weighted by molar-refractivity contribution is 5.95. The molecule has 0 aliphatic heterocycles. The third-order valence-electron chi connectivity index (χ3n) is 2.69. The maximum Gasteiger partial charge on any atom is 0.337 e. The topological polar surface area (TPSA) is 139 Å². The number of carboxylic acid groups (broad SMARTS) is 1. The zero-order valence-electron chi connectivity index (χ0n) is 11.3. The maximum atomic E-state index is 11.8. The summed E-state index contributed by atoms with van der Waals surface area (Å²) in [6, 6.07) is 3.54. The Kier molecular flexibility index (Phi) is 4.82. The quantitative estimate of drug-likeness (QED) is 0.502. The van der Waals surface area contributed by atoms with Crippen molar-refractivity contribution in [3.8, 4) is 5.75 Å². The second-order valence-electron chi connectivity index (χ2n) is 4.41. The number of rotatable bonds is 6. The molecule has 1 amide bonds. The fourth-order valence-electron chi connectivity index (χ4n) is 1.40. The molecule has 114 valence electrons. The average Bonchev–Trinajstić information content (AvgIpc) is 2.43. The fraction of sp³-hybridized carbons (Fsp3) is 0.333. The molecule has 0 heterocycles. The van der Waals surface area contributed by atoms with Gasteiger partial charge in [-0.05, 0) is 19.1 Å². The van der Waals surface area contributed by atoms with Crippen LogP contribution in [-0.4, -0.2) is 46.3 Å². The van der Waals surface area contributed by atoms with Crippen LogP contribution in [0.25, 0.3) is 0 Å². The van der Waals surface area contributed by atoms with E-state index in [-0.39, 0.29) is 11.3 Å². The molecule has 1 aromatic rings. The Bertz CT molecular complexity index is 583. The van der Waals surface area contributed by atoms with Crippen molar-refractivity contribution in [3.05, 3.63) is 33.9 Å². The molecule has 1 unspecified atom stereocenters. The molecule has 0 saturated carbocycles. The fourth-order valence-corrected chi connectivity index (χ4v) is 1.40. The largest absolute Gasteiger partial charge is 0.490 e. The van der Waals surface area contributed by atoms with E-state index >= 15 is 0 Å². The third kappa shape index (κ3) is 3.89. The molecule has 0 saturated heterocycles. The lowest BCUT2D eigenvalue weighted by atomic mass is 10.1. The lowest BCUT2D eigenvalue weighted by Gasteiger charge is -2.18. The molecule has 0 spiro atoms. The van der Waals surface area contributed by atoms with E-state index in [9.17, 15) is 24.8 Å². The first-order valence-electron chi connectivity index (χ1n) is 5.75. The molecule has 0 aromatic heterocycles. The van der Waals surface area contributed by atoms with Crippen LogP contribution in [0.5, 0.6) is 5.75 Å². The number of amides is 1. The lowest BCUT2D eigenvalue weighted by molar-refractivity contribution is -0.385. The number of methoxy groups -OCH3 is 1. The number of nitrogens with one attached hydrogen (secondary N) is 1. The van der Waals surface area contributed by atoms with Crippen LogP contribution >= 0.6 is 0 Å². The van der Waals surface area contributed by atoms with Gasteiger partial charge in [0.2, 0.25) is 0 Å². The van der Waals surface area contributed by atoms with Gasteiger partial charge in [-0.25, -0.2) is 4.79 Å². The second kappa shape index (κ2) is 6.18. The van der Waals surface area contributed by atoms with Crippen molar-refractivity contribution < 1.29 is 29.5 Å². The highest BCUT2D eigenvalue weighted by Gasteiger charge is 2.30. The molecule has 1 rings (SSSR count). The van der Waals surface area contributed by atoms with Crippen molar-refractivity contribution in [2.75, 3.05) is 13.7 Å². The van der Waals surface area contributed by atoms with E-state index in [0.29, 0.717) is 0 Å². The first-order chi connectivity index (χ1) is 9.69. The van der Waals surface area contributed by atoms with Crippen molar-refractivity contribution in [1.29, 1.82) is 0 Å². The number of carboxylic acids is 1. The highest BCUT2D eigenvalue weighted by Crippen LogP contribution is 2.27. The molecule has 3 N–H and O–H groups in total. The summed E-state index contributed by atoms with van der Waals surface area (Å²) in [7, 11) is 1.26. The number of nitrogens with zero attached hydrogens (tertiary/aromatic N) is 1. The molecule has 0 radical (unpaired) electrons. The van der Waals surface area contributed by atoms with Gasteiger partial charge < -0.3 is 20.3 Å². The van der Waals surface area contributed by atoms with Gasteiger partial charge in [-0.2, -0.15) is 0 Å². The van der Waals surface area contributed by atoms with E-state index in [1.165, 1.54) is 19.2 Å². The molecular weight excluding hydrogens is 284 g/mol. The van der Waals surface area contributed by atoms with E-state index in [4.69, 9.17) is 9.84 Å². The number of carbonyl (C=O) groups excluding carboxylic acids is 1. The van der Waals surface area contributed by atoms with Gasteiger partial charge in [0.25, 0.3) is 5.91 Å². The summed E-state index contributed by atoms with van der Waals surface area (Å²) < 4.78 is 4.80. The number of hydrogen-bond acceptors (Lipinski definition) is 6. The minimum Gasteiger partial charge on any atom is -0.490 e. The van der Waals surface area contributed by atoms with Gasteiger partial charge in [-0.3, -0.25) is 14.9 Å². The molecule has 21 heavy (non-hydrogen) atoms. The third-order valence-corrected chi connectivity index (χ3v) is 2.69. The van der Waals surface area contributed by atoms with Gasteiger partial charge in [0.05, 0.1) is 18.6 Å². The summed E-state index contributed by atoms with van der Waals surface area (Å²) in [5.74, 6) is -2.25. The summed E-state index contributed by atoms with van der Waals surface area (Å²) in [4.78, 5) is 32.6. The molecule has 1 atom stereocenters. The van der Waals surface area contributed by atoms with Crippen LogP contribution in [0.4, 0.5) is 5.69 Å². The van der Waals surface area contributed by atoms with Gasteiger partial charge in [-0.15, -0.1) is 0 Å². The van der Waals surface area contributed by atoms with Crippen LogP contribution < -0.4 is 10.1 Å². The van der Waals surface area contributed by atoms with Crippen molar-refractivity contribution in [1.82, 2.24) is 5.32 Å². The van der Waals surface area contributed by atoms with Gasteiger partial charge >= 0.3 is 11.7 Å². The van der Waals surface area contributed by atoms with E-state index in [0.717, 1.165) is 13.0 Å². The molecule has 0 bridgehead atoms. The summed E-state index contributed by atoms with van der Waals surface area (Å²) in [5, 5.41) is 31.2. The Morgan fingerprint density at radius 2 is 2.10 bits per heavy atom. The number of carbonyl (C=O) groups is 2. The standard InChI is InChI=1S/C12H14N2O7/c1-12(18,11(16)17)6-13-10(15)7-3-4-9(21-2)8(5-7)14(19)20/h3-5,18H,6H2,1-2H3,(H,13,15)(H,16,17). The Labute approximate surface area is 119 Å². The van der Waals surface area contributed by atoms with Crippen molar-refractivity contribution >= 4 is 17.6 Å². The minimum absolute atomic E-state index is 0.00548. The summed E-state index contributed by atoms with van der Waals surface area (Å²) in [6.45, 7) is 0.479. The first kappa shape index (κ1) is 16.4. The average molecular weight is 298 g/mol. The molecule has 9 heteroatoms. The Morgan fingerprint density at radius 3 is 2.57 bits per heavy atom. The van der Waals surface area contributed by atoms with E-state index in [1.807, 2.05) is 0 Å². The van der Waals surface area contributed by atoms with Crippen molar-refractivity contribution in [3.63, 3.8) is 0 Å². The van der Waals surface area contributed by atoms with Gasteiger partial charge in [0, 0.05) is 11.6 Å². The van der Waals surface area contributed by atoms with Crippen LogP contribution in [0.2, 0.25) is 0 Å². The van der Waals surface area contributed by atoms with Gasteiger partial charge in [0.15, 0.2) is 11.4 Å². The van der Waals surface area contributed by atoms with Crippen LogP contribution in [0.1, 0.15) is 17.3 Å². The monoisotopic (exact) mass is 298 g/mol. The number of aliphatic hydroxyl groups is 1. The Hall–Kier alpha value is -2.68. The smallest absolute Gasteiger partial charge is 0.337 e. The molecule has 9 nitrogen and oxygen atoms in total. The summed E-state index contributed by atoms with van der Waals surface area (Å²) >= 11 is 0. The molecular formula is C12H14N2O7. The van der Waals surface area contributed by atoms with Crippen molar-refractivity contribution in [2.45, 2.75) is 12.5 Å². The van der Waals surface area contributed by atoms with Gasteiger partial charge in [-0.1, -0.05) is 0 Å². The van der Waals surface area contributed by atoms with Gasteiger partial charge in [0.1, 0.15) is 0 Å². The molecule has 0 fully saturated rings. The van der Waals surface area contributed by atoms with Crippen LogP contribution in [-0.2, 0) is 4.79 Å². The van der Waals surface area contributed by atoms with E-state index < -0.39 is 34.6 Å². The first-order valence-corrected chi connectivity index (χ1v) is 5.75. The zero-order valence-corrected chi connectivity index (χ0v) is 11.3. The van der Waals surface area contributed by atoms with Crippen molar-refractivity contribution in [2.24, 2.45) is 0 Å². The normalized spacial score (nSPS) is 13.1. The maximum absolute atomic E-state index is 11.8. The van der Waals surface area contributed by atoms with E-state index in [2.05, 4.69) is 5.32 Å². The van der Waals surface area contributed by atoms with Crippen LogP contribution in [0.15, 0.2) is 18.2 Å². The Morgan fingerprint density at radius 1 is 1.48 bits per heavy atom. The number of benzene rings is 1. The SMILES string of the molecule is COc1ccc(C(=O)NCC(C)(O)C(=O)O)cc1[N+](=O)[O-].